The van der Waals surface area contributed by atoms with Crippen molar-refractivity contribution in [2.45, 2.75) is 31.8 Å². The number of halogens is 1. The predicted molar refractivity (Wildman–Crippen MR) is 106 cm³/mol. The number of benzene rings is 2. The highest BCUT2D eigenvalue weighted by Gasteiger charge is 2.36. The standard InChI is InChI=1S/C21H19FN4O3/c1-21(12-4-7-17(27)28)24-16-6-3-2-5-15(16)19-23-20(29)18(25-26(19)21)13-8-10-14(22)11-9-13/h2-3,5-6,8-11,24H,4,7,12H2,1H3,(H,27,28). The van der Waals surface area contributed by atoms with Gasteiger partial charge in [-0.15, -0.1) is 0 Å². The summed E-state index contributed by atoms with van der Waals surface area (Å²) in [7, 11) is 0. The maximum absolute atomic E-state index is 13.3. The third-order valence-corrected chi connectivity index (χ3v) is 5.02. The molecular formula is C21H19FN4O3. The van der Waals surface area contributed by atoms with E-state index >= 15 is 0 Å². The number of fused-ring (bicyclic) bond motifs is 3. The van der Waals surface area contributed by atoms with E-state index in [1.807, 2.05) is 31.2 Å². The number of nitrogens with zero attached hydrogens (tertiary/aromatic N) is 3. The second-order valence-corrected chi connectivity index (χ2v) is 7.20. The van der Waals surface area contributed by atoms with Crippen molar-refractivity contribution < 1.29 is 14.3 Å². The summed E-state index contributed by atoms with van der Waals surface area (Å²) in [4.78, 5) is 28.0. The Labute approximate surface area is 165 Å². The second-order valence-electron chi connectivity index (χ2n) is 7.20. The molecule has 0 radical (unpaired) electrons. The van der Waals surface area contributed by atoms with E-state index in [0.29, 0.717) is 24.2 Å². The SMILES string of the molecule is CC1(CCCC(=O)O)Nc2ccccc2-c2nc(=O)c(-c3ccc(F)cc3)nn21. The van der Waals surface area contributed by atoms with Gasteiger partial charge in [-0.25, -0.2) is 9.07 Å². The summed E-state index contributed by atoms with van der Waals surface area (Å²) < 4.78 is 14.9. The summed E-state index contributed by atoms with van der Waals surface area (Å²) in [6, 6.07) is 12.9. The number of aromatic nitrogens is 3. The van der Waals surface area contributed by atoms with Gasteiger partial charge in [0, 0.05) is 23.2 Å². The Kier molecular flexibility index (Phi) is 4.62. The monoisotopic (exact) mass is 394 g/mol. The molecule has 8 heteroatoms. The van der Waals surface area contributed by atoms with Crippen molar-refractivity contribution in [1.82, 2.24) is 14.8 Å². The number of carboxylic acid groups (broad SMARTS) is 1. The molecule has 1 atom stereocenters. The quantitative estimate of drug-likeness (QED) is 0.688. The summed E-state index contributed by atoms with van der Waals surface area (Å²) in [5.41, 5.74) is 0.819. The van der Waals surface area contributed by atoms with Gasteiger partial charge in [-0.2, -0.15) is 10.1 Å². The molecule has 0 fully saturated rings. The highest BCUT2D eigenvalue weighted by Crippen LogP contribution is 2.38. The number of rotatable bonds is 5. The number of para-hydroxylation sites is 1. The van der Waals surface area contributed by atoms with E-state index < -0.39 is 23.0 Å². The number of aliphatic carboxylic acids is 1. The van der Waals surface area contributed by atoms with Crippen LogP contribution in [0.5, 0.6) is 0 Å². The van der Waals surface area contributed by atoms with E-state index in [2.05, 4.69) is 15.4 Å². The van der Waals surface area contributed by atoms with Crippen molar-refractivity contribution in [1.29, 1.82) is 0 Å². The summed E-state index contributed by atoms with van der Waals surface area (Å²) in [6.07, 6.45) is 0.897. The topological polar surface area (TPSA) is 97.1 Å². The van der Waals surface area contributed by atoms with Gasteiger partial charge >= 0.3 is 5.97 Å². The molecule has 1 aliphatic rings. The number of hydrogen-bond donors (Lipinski definition) is 2. The van der Waals surface area contributed by atoms with Crippen molar-refractivity contribution in [2.75, 3.05) is 5.32 Å². The van der Waals surface area contributed by atoms with Crippen molar-refractivity contribution in [3.63, 3.8) is 0 Å². The molecule has 1 aliphatic heterocycles. The minimum absolute atomic E-state index is 0.0205. The smallest absolute Gasteiger partial charge is 0.303 e. The molecule has 2 N–H and O–H groups in total. The molecule has 0 saturated heterocycles. The van der Waals surface area contributed by atoms with Crippen LogP contribution in [0.1, 0.15) is 26.2 Å². The zero-order valence-electron chi connectivity index (χ0n) is 15.7. The van der Waals surface area contributed by atoms with Crippen LogP contribution < -0.4 is 10.9 Å². The summed E-state index contributed by atoms with van der Waals surface area (Å²) in [5, 5.41) is 17.0. The van der Waals surface area contributed by atoms with Gasteiger partial charge in [-0.3, -0.25) is 9.59 Å². The lowest BCUT2D eigenvalue weighted by molar-refractivity contribution is -0.137. The zero-order chi connectivity index (χ0) is 20.6. The van der Waals surface area contributed by atoms with E-state index in [-0.39, 0.29) is 12.1 Å². The Morgan fingerprint density at radius 3 is 2.66 bits per heavy atom. The van der Waals surface area contributed by atoms with Gasteiger partial charge in [0.1, 0.15) is 11.5 Å². The molecule has 0 amide bonds. The van der Waals surface area contributed by atoms with Crippen LogP contribution in [-0.4, -0.2) is 25.8 Å². The lowest BCUT2D eigenvalue weighted by Gasteiger charge is -2.39. The van der Waals surface area contributed by atoms with Crippen LogP contribution in [0.3, 0.4) is 0 Å². The fourth-order valence-corrected chi connectivity index (χ4v) is 3.58. The van der Waals surface area contributed by atoms with Crippen LogP contribution in [0.2, 0.25) is 0 Å². The first-order chi connectivity index (χ1) is 13.9. The number of nitrogens with one attached hydrogen (secondary N) is 1. The molecular weight excluding hydrogens is 375 g/mol. The first-order valence-electron chi connectivity index (χ1n) is 9.24. The fourth-order valence-electron chi connectivity index (χ4n) is 3.58. The van der Waals surface area contributed by atoms with Crippen molar-refractivity contribution in [2.24, 2.45) is 0 Å². The summed E-state index contributed by atoms with van der Waals surface area (Å²) in [6.45, 7) is 1.89. The van der Waals surface area contributed by atoms with Crippen LogP contribution in [0, 0.1) is 5.82 Å². The third kappa shape index (κ3) is 3.49. The first-order valence-corrected chi connectivity index (χ1v) is 9.24. The minimum atomic E-state index is -0.872. The molecule has 0 bridgehead atoms. The minimum Gasteiger partial charge on any atom is -0.481 e. The van der Waals surface area contributed by atoms with Gasteiger partial charge in [-0.05, 0) is 56.2 Å². The van der Waals surface area contributed by atoms with Gasteiger partial charge in [-0.1, -0.05) is 12.1 Å². The fraction of sp³-hybridized carbons (Fsp3) is 0.238. The summed E-state index contributed by atoms with van der Waals surface area (Å²) >= 11 is 0. The Morgan fingerprint density at radius 1 is 1.21 bits per heavy atom. The molecule has 3 aromatic rings. The van der Waals surface area contributed by atoms with Crippen molar-refractivity contribution in [3.05, 3.63) is 64.7 Å². The highest BCUT2D eigenvalue weighted by molar-refractivity contribution is 5.76. The first kappa shape index (κ1) is 18.8. The third-order valence-electron chi connectivity index (χ3n) is 5.02. The maximum Gasteiger partial charge on any atom is 0.303 e. The number of anilines is 1. The molecule has 1 unspecified atom stereocenters. The Balaban J connectivity index is 1.87. The Hall–Kier alpha value is -3.55. The van der Waals surface area contributed by atoms with E-state index in [0.717, 1.165) is 11.3 Å². The summed E-state index contributed by atoms with van der Waals surface area (Å²) in [5.74, 6) is -0.870. The van der Waals surface area contributed by atoms with E-state index in [4.69, 9.17) is 5.11 Å². The molecule has 2 heterocycles. The molecule has 0 saturated carbocycles. The average molecular weight is 394 g/mol. The van der Waals surface area contributed by atoms with Gasteiger partial charge in [0.05, 0.1) is 0 Å². The van der Waals surface area contributed by atoms with Crippen LogP contribution in [0.4, 0.5) is 10.1 Å². The maximum atomic E-state index is 13.3. The average Bonchev–Trinajstić information content (AvgIpc) is 2.68. The van der Waals surface area contributed by atoms with Gasteiger partial charge in [0.15, 0.2) is 11.5 Å². The molecule has 2 aromatic carbocycles. The second kappa shape index (κ2) is 7.12. The normalized spacial score (nSPS) is 17.2. The van der Waals surface area contributed by atoms with Crippen LogP contribution in [0.25, 0.3) is 22.6 Å². The Bertz CT molecular complexity index is 1140. The highest BCUT2D eigenvalue weighted by atomic mass is 19.1. The zero-order valence-corrected chi connectivity index (χ0v) is 15.7. The molecule has 0 aliphatic carbocycles. The molecule has 7 nitrogen and oxygen atoms in total. The van der Waals surface area contributed by atoms with Crippen LogP contribution >= 0.6 is 0 Å². The van der Waals surface area contributed by atoms with Crippen molar-refractivity contribution in [3.8, 4) is 22.6 Å². The van der Waals surface area contributed by atoms with E-state index in [9.17, 15) is 14.0 Å². The van der Waals surface area contributed by atoms with Gasteiger partial charge < -0.3 is 10.4 Å². The van der Waals surface area contributed by atoms with E-state index in [1.54, 1.807) is 4.68 Å². The molecule has 1 aromatic heterocycles. The van der Waals surface area contributed by atoms with Crippen molar-refractivity contribution >= 4 is 11.7 Å². The number of carbonyl (C=O) groups is 1. The molecule has 4 rings (SSSR count). The van der Waals surface area contributed by atoms with Crippen LogP contribution in [0.15, 0.2) is 53.3 Å². The lowest BCUT2D eigenvalue weighted by atomic mass is 9.98. The molecule has 148 valence electrons. The van der Waals surface area contributed by atoms with E-state index in [1.165, 1.54) is 24.3 Å². The largest absolute Gasteiger partial charge is 0.481 e. The number of hydrogen-bond acceptors (Lipinski definition) is 5. The predicted octanol–water partition coefficient (Wildman–Crippen LogP) is 3.46. The lowest BCUT2D eigenvalue weighted by Crippen LogP contribution is -2.45. The Morgan fingerprint density at radius 2 is 1.93 bits per heavy atom. The number of carboxylic acids is 1. The van der Waals surface area contributed by atoms with Gasteiger partial charge in [0.2, 0.25) is 0 Å². The molecule has 0 spiro atoms. The van der Waals surface area contributed by atoms with Gasteiger partial charge in [0.25, 0.3) is 5.56 Å². The molecule has 29 heavy (non-hydrogen) atoms. The van der Waals surface area contributed by atoms with Crippen LogP contribution in [-0.2, 0) is 10.5 Å².